The van der Waals surface area contributed by atoms with Crippen molar-refractivity contribution in [2.45, 2.75) is 18.9 Å². The first-order valence-corrected chi connectivity index (χ1v) is 9.46. The molecule has 1 fully saturated rings. The molecule has 0 saturated carbocycles. The molecule has 0 radical (unpaired) electrons. The number of anilines is 1. The highest BCUT2D eigenvalue weighted by atomic mass is 32.1. The van der Waals surface area contributed by atoms with E-state index in [1.165, 1.54) is 11.3 Å². The lowest BCUT2D eigenvalue weighted by Crippen LogP contribution is -2.49. The maximum Gasteiger partial charge on any atom is 0.267 e. The molecule has 1 aromatic carbocycles. The van der Waals surface area contributed by atoms with Crippen molar-refractivity contribution in [2.75, 3.05) is 25.0 Å². The molecule has 1 N–H and O–H groups in total. The summed E-state index contributed by atoms with van der Waals surface area (Å²) in [6.45, 7) is 1.28. The molecule has 0 aliphatic carbocycles. The van der Waals surface area contributed by atoms with Crippen molar-refractivity contribution >= 4 is 28.3 Å². The van der Waals surface area contributed by atoms with E-state index in [1.54, 1.807) is 17.2 Å². The molecule has 26 heavy (non-hydrogen) atoms. The third kappa shape index (κ3) is 3.50. The molecule has 4 rings (SSSR count). The molecule has 0 bridgehead atoms. The van der Waals surface area contributed by atoms with Gasteiger partial charge in [0.2, 0.25) is 12.0 Å². The number of nitrogens with one attached hydrogen (secondary N) is 1. The quantitative estimate of drug-likeness (QED) is 0.892. The Labute approximate surface area is 154 Å². The highest BCUT2D eigenvalue weighted by molar-refractivity contribution is 7.13. The van der Waals surface area contributed by atoms with Gasteiger partial charge in [0.05, 0.1) is 0 Å². The minimum absolute atomic E-state index is 0.0294. The monoisotopic (exact) mass is 373 g/mol. The number of fused-ring (bicyclic) bond motifs is 1. The number of thiazole rings is 1. The summed E-state index contributed by atoms with van der Waals surface area (Å²) in [5, 5.41) is 5.26. The number of rotatable bonds is 3. The molecule has 7 nitrogen and oxygen atoms in total. The van der Waals surface area contributed by atoms with E-state index in [2.05, 4.69) is 10.3 Å². The van der Waals surface area contributed by atoms with Gasteiger partial charge in [-0.25, -0.2) is 4.98 Å². The fourth-order valence-corrected chi connectivity index (χ4v) is 3.73. The second-order valence-electron chi connectivity index (χ2n) is 6.29. The van der Waals surface area contributed by atoms with Crippen LogP contribution >= 0.6 is 11.3 Å². The van der Waals surface area contributed by atoms with Crippen LogP contribution in [0.5, 0.6) is 11.5 Å². The molecule has 8 heteroatoms. The van der Waals surface area contributed by atoms with Gasteiger partial charge < -0.3 is 19.7 Å². The van der Waals surface area contributed by atoms with Crippen molar-refractivity contribution in [3.05, 3.63) is 35.8 Å². The summed E-state index contributed by atoms with van der Waals surface area (Å²) in [7, 11) is 0. The van der Waals surface area contributed by atoms with Crippen LogP contribution in [0.2, 0.25) is 0 Å². The summed E-state index contributed by atoms with van der Waals surface area (Å²) >= 11 is 1.40. The topological polar surface area (TPSA) is 80.8 Å². The lowest BCUT2D eigenvalue weighted by Gasteiger charge is -2.34. The van der Waals surface area contributed by atoms with Crippen LogP contribution in [0.3, 0.4) is 0 Å². The van der Waals surface area contributed by atoms with E-state index in [-0.39, 0.29) is 24.3 Å². The van der Waals surface area contributed by atoms with Crippen LogP contribution in [0, 0.1) is 5.92 Å². The molecule has 1 atom stereocenters. The number of amides is 2. The van der Waals surface area contributed by atoms with E-state index in [0.29, 0.717) is 42.6 Å². The number of ether oxygens (including phenoxy) is 2. The normalized spacial score (nSPS) is 19.8. The fraction of sp³-hybridized carbons (Fsp3) is 0.389. The van der Waals surface area contributed by atoms with Gasteiger partial charge >= 0.3 is 0 Å². The number of para-hydroxylation sites is 2. The summed E-state index contributed by atoms with van der Waals surface area (Å²) < 4.78 is 11.4. The Bertz CT molecular complexity index is 787. The Morgan fingerprint density at radius 1 is 1.19 bits per heavy atom. The highest BCUT2D eigenvalue weighted by Gasteiger charge is 2.34. The Hall–Kier alpha value is -2.61. The maximum absolute atomic E-state index is 12.7. The zero-order chi connectivity index (χ0) is 17.9. The average Bonchev–Trinajstić information content (AvgIpc) is 3.20. The Morgan fingerprint density at radius 2 is 1.96 bits per heavy atom. The van der Waals surface area contributed by atoms with Crippen LogP contribution < -0.4 is 14.8 Å². The van der Waals surface area contributed by atoms with E-state index >= 15 is 0 Å². The second-order valence-corrected chi connectivity index (χ2v) is 7.18. The molecule has 136 valence electrons. The first kappa shape index (κ1) is 16.8. The van der Waals surface area contributed by atoms with Gasteiger partial charge in [0.25, 0.3) is 5.91 Å². The van der Waals surface area contributed by atoms with Crippen molar-refractivity contribution in [2.24, 2.45) is 5.92 Å². The molecule has 1 aromatic heterocycles. The average molecular weight is 373 g/mol. The molecule has 2 aliphatic heterocycles. The van der Waals surface area contributed by atoms with Crippen LogP contribution in [-0.4, -0.2) is 47.5 Å². The number of hydrogen-bond acceptors (Lipinski definition) is 6. The largest absolute Gasteiger partial charge is 0.485 e. The molecule has 3 heterocycles. The lowest BCUT2D eigenvalue weighted by molar-refractivity contribution is -0.143. The maximum atomic E-state index is 12.7. The molecule has 2 aliphatic rings. The van der Waals surface area contributed by atoms with Gasteiger partial charge in [-0.1, -0.05) is 12.1 Å². The van der Waals surface area contributed by atoms with E-state index in [1.807, 2.05) is 23.6 Å². The van der Waals surface area contributed by atoms with Crippen molar-refractivity contribution in [3.63, 3.8) is 0 Å². The number of carbonyl (C=O) groups is 2. The third-order valence-electron chi connectivity index (χ3n) is 4.62. The molecule has 1 saturated heterocycles. The van der Waals surface area contributed by atoms with Crippen molar-refractivity contribution in [1.82, 2.24) is 9.88 Å². The van der Waals surface area contributed by atoms with E-state index in [0.717, 1.165) is 0 Å². The molecule has 2 amide bonds. The predicted molar refractivity (Wildman–Crippen MR) is 96.4 cm³/mol. The van der Waals surface area contributed by atoms with Gasteiger partial charge in [-0.15, -0.1) is 11.3 Å². The SMILES string of the molecule is O=C(Nc1nccs1)C1CCN(C(=O)[C@@H]2COc3ccccc3O2)CC1. The minimum Gasteiger partial charge on any atom is -0.485 e. The van der Waals surface area contributed by atoms with Crippen LogP contribution in [0.1, 0.15) is 12.8 Å². The Kier molecular flexibility index (Phi) is 4.75. The van der Waals surface area contributed by atoms with Gasteiger partial charge in [-0.3, -0.25) is 9.59 Å². The van der Waals surface area contributed by atoms with Crippen LogP contribution in [-0.2, 0) is 9.59 Å². The zero-order valence-corrected chi connectivity index (χ0v) is 14.9. The number of likely N-dealkylation sites (tertiary alicyclic amines) is 1. The molecule has 2 aromatic rings. The fourth-order valence-electron chi connectivity index (χ4n) is 3.20. The summed E-state index contributed by atoms with van der Waals surface area (Å²) in [5.74, 6) is 1.03. The number of piperidine rings is 1. The first-order chi connectivity index (χ1) is 12.7. The summed E-state index contributed by atoms with van der Waals surface area (Å²) in [5.41, 5.74) is 0. The van der Waals surface area contributed by atoms with E-state index < -0.39 is 6.10 Å². The lowest BCUT2D eigenvalue weighted by atomic mass is 9.95. The van der Waals surface area contributed by atoms with Crippen molar-refractivity contribution in [1.29, 1.82) is 0 Å². The second kappa shape index (κ2) is 7.33. The van der Waals surface area contributed by atoms with Crippen molar-refractivity contribution < 1.29 is 19.1 Å². The van der Waals surface area contributed by atoms with E-state index in [9.17, 15) is 9.59 Å². The number of carbonyl (C=O) groups excluding carboxylic acids is 2. The number of hydrogen-bond donors (Lipinski definition) is 1. The minimum atomic E-state index is -0.634. The van der Waals surface area contributed by atoms with Crippen molar-refractivity contribution in [3.8, 4) is 11.5 Å². The van der Waals surface area contributed by atoms with E-state index in [4.69, 9.17) is 9.47 Å². The molecule has 0 unspecified atom stereocenters. The summed E-state index contributed by atoms with van der Waals surface area (Å²) in [6.07, 6.45) is 2.29. The molecule has 0 spiro atoms. The molecular weight excluding hydrogens is 354 g/mol. The summed E-state index contributed by atoms with van der Waals surface area (Å²) in [4.78, 5) is 30.8. The van der Waals surface area contributed by atoms with Gasteiger partial charge in [0, 0.05) is 30.6 Å². The molecular formula is C18H19N3O4S. The number of aromatic nitrogens is 1. The predicted octanol–water partition coefficient (Wildman–Crippen LogP) is 2.16. The standard InChI is InChI=1S/C18H19N3O4S/c22-16(20-18-19-7-10-26-18)12-5-8-21(9-6-12)17(23)15-11-24-13-3-1-2-4-14(13)25-15/h1-4,7,10,12,15H,5-6,8-9,11H2,(H,19,20,22)/t15-/m0/s1. The number of benzene rings is 1. The van der Waals surface area contributed by atoms with Crippen LogP contribution in [0.25, 0.3) is 0 Å². The van der Waals surface area contributed by atoms with Gasteiger partial charge in [-0.2, -0.15) is 0 Å². The van der Waals surface area contributed by atoms with Crippen LogP contribution in [0.15, 0.2) is 35.8 Å². The summed E-state index contributed by atoms with van der Waals surface area (Å²) in [6, 6.07) is 7.33. The number of nitrogens with zero attached hydrogens (tertiary/aromatic N) is 2. The van der Waals surface area contributed by atoms with Crippen LogP contribution in [0.4, 0.5) is 5.13 Å². The Balaban J connectivity index is 1.30. The zero-order valence-electron chi connectivity index (χ0n) is 14.1. The van der Waals surface area contributed by atoms with Gasteiger partial charge in [-0.05, 0) is 25.0 Å². The Morgan fingerprint density at radius 3 is 2.69 bits per heavy atom. The van der Waals surface area contributed by atoms with Gasteiger partial charge in [0.1, 0.15) is 6.61 Å². The smallest absolute Gasteiger partial charge is 0.267 e. The first-order valence-electron chi connectivity index (χ1n) is 8.58. The highest BCUT2D eigenvalue weighted by Crippen LogP contribution is 2.31. The van der Waals surface area contributed by atoms with Gasteiger partial charge in [0.15, 0.2) is 16.6 Å². The third-order valence-corrected chi connectivity index (χ3v) is 5.31.